The number of ketones is 1. The van der Waals surface area contributed by atoms with Crippen LogP contribution >= 0.6 is 0 Å². The van der Waals surface area contributed by atoms with Crippen LogP contribution in [0.15, 0.2) is 0 Å². The second kappa shape index (κ2) is 7.01. The second-order valence-electron chi connectivity index (χ2n) is 3.90. The van der Waals surface area contributed by atoms with E-state index in [1.165, 1.54) is 0 Å². The van der Waals surface area contributed by atoms with Gasteiger partial charge in [-0.05, 0) is 6.92 Å². The van der Waals surface area contributed by atoms with Crippen molar-refractivity contribution in [3.05, 3.63) is 0 Å². The molecule has 1 rings (SSSR count). The lowest BCUT2D eigenvalue weighted by atomic mass is 10.2. The molecule has 0 radical (unpaired) electrons. The summed E-state index contributed by atoms with van der Waals surface area (Å²) in [5, 5.41) is 2.69. The summed E-state index contributed by atoms with van der Waals surface area (Å²) in [5.74, 6) is -0.445. The number of esters is 1. The van der Waals surface area contributed by atoms with E-state index in [-0.39, 0.29) is 43.6 Å². The smallest absolute Gasteiger partial charge is 0.306 e. The Kier molecular flexibility index (Phi) is 5.62. The van der Waals surface area contributed by atoms with Gasteiger partial charge in [-0.1, -0.05) is 0 Å². The molecule has 1 amide bonds. The van der Waals surface area contributed by atoms with Crippen LogP contribution in [0.25, 0.3) is 0 Å². The van der Waals surface area contributed by atoms with Crippen LogP contribution in [0.1, 0.15) is 19.8 Å². The van der Waals surface area contributed by atoms with E-state index < -0.39 is 0 Å². The van der Waals surface area contributed by atoms with Crippen molar-refractivity contribution < 1.29 is 19.1 Å². The van der Waals surface area contributed by atoms with Gasteiger partial charge in [0, 0.05) is 19.5 Å². The molecule has 0 aromatic carbocycles. The van der Waals surface area contributed by atoms with Gasteiger partial charge < -0.3 is 10.1 Å². The van der Waals surface area contributed by atoms with E-state index >= 15 is 0 Å². The fraction of sp³-hybridized carbons (Fsp3) is 0.727. The third kappa shape index (κ3) is 5.44. The fourth-order valence-electron chi connectivity index (χ4n) is 1.63. The lowest BCUT2D eigenvalue weighted by molar-refractivity contribution is -0.144. The van der Waals surface area contributed by atoms with Crippen LogP contribution < -0.4 is 5.32 Å². The lowest BCUT2D eigenvalue weighted by Gasteiger charge is -2.25. The Hall–Kier alpha value is -1.43. The van der Waals surface area contributed by atoms with Crippen molar-refractivity contribution in [3.8, 4) is 0 Å². The molecule has 0 aromatic heterocycles. The zero-order valence-corrected chi connectivity index (χ0v) is 10.0. The average Bonchev–Trinajstić information content (AvgIpc) is 2.27. The van der Waals surface area contributed by atoms with E-state index in [1.807, 2.05) is 0 Å². The highest BCUT2D eigenvalue weighted by Crippen LogP contribution is 1.99. The number of ether oxygens (including phenoxy) is 1. The van der Waals surface area contributed by atoms with Crippen LogP contribution in [0.4, 0.5) is 0 Å². The highest BCUT2D eigenvalue weighted by Gasteiger charge is 2.18. The highest BCUT2D eigenvalue weighted by atomic mass is 16.5. The molecule has 1 aliphatic rings. The van der Waals surface area contributed by atoms with Gasteiger partial charge in [-0.2, -0.15) is 0 Å². The van der Waals surface area contributed by atoms with E-state index in [0.29, 0.717) is 19.7 Å². The molecule has 1 saturated heterocycles. The van der Waals surface area contributed by atoms with Gasteiger partial charge in [0.05, 0.1) is 26.1 Å². The molecular weight excluding hydrogens is 224 g/mol. The van der Waals surface area contributed by atoms with E-state index in [1.54, 1.807) is 11.8 Å². The SMILES string of the molecule is CCOC(=O)CCC(=O)CN1CCNC(=O)C1. The Morgan fingerprint density at radius 1 is 1.41 bits per heavy atom. The molecule has 6 nitrogen and oxygen atoms in total. The number of carbonyl (C=O) groups excluding carboxylic acids is 3. The number of nitrogens with one attached hydrogen (secondary N) is 1. The molecule has 1 heterocycles. The highest BCUT2D eigenvalue weighted by molar-refractivity contribution is 5.85. The number of nitrogens with zero attached hydrogens (tertiary/aromatic N) is 1. The number of piperazine rings is 1. The summed E-state index contributed by atoms with van der Waals surface area (Å²) in [6, 6.07) is 0. The van der Waals surface area contributed by atoms with Crippen LogP contribution in [0.2, 0.25) is 0 Å². The van der Waals surface area contributed by atoms with E-state index in [2.05, 4.69) is 5.32 Å². The van der Waals surface area contributed by atoms with Gasteiger partial charge >= 0.3 is 5.97 Å². The Labute approximate surface area is 100 Å². The first-order valence-electron chi connectivity index (χ1n) is 5.78. The summed E-state index contributed by atoms with van der Waals surface area (Å²) < 4.78 is 4.73. The van der Waals surface area contributed by atoms with Crippen molar-refractivity contribution in [2.45, 2.75) is 19.8 Å². The molecule has 1 fully saturated rings. The summed E-state index contributed by atoms with van der Waals surface area (Å²) in [6.45, 7) is 3.80. The molecule has 0 atom stereocenters. The second-order valence-corrected chi connectivity index (χ2v) is 3.90. The molecule has 0 bridgehead atoms. The van der Waals surface area contributed by atoms with Gasteiger partial charge in [-0.3, -0.25) is 19.3 Å². The van der Waals surface area contributed by atoms with Gasteiger partial charge in [-0.25, -0.2) is 0 Å². The van der Waals surface area contributed by atoms with Gasteiger partial charge in [0.25, 0.3) is 0 Å². The van der Waals surface area contributed by atoms with Crippen LogP contribution in [0.3, 0.4) is 0 Å². The van der Waals surface area contributed by atoms with Crippen LogP contribution in [0.5, 0.6) is 0 Å². The minimum atomic E-state index is -0.350. The van der Waals surface area contributed by atoms with Crippen molar-refractivity contribution in [2.75, 3.05) is 32.8 Å². The number of carbonyl (C=O) groups is 3. The molecule has 0 spiro atoms. The minimum absolute atomic E-state index is 0.0345. The first-order valence-corrected chi connectivity index (χ1v) is 5.78. The van der Waals surface area contributed by atoms with Crippen LogP contribution in [-0.2, 0) is 19.1 Å². The van der Waals surface area contributed by atoms with Gasteiger partial charge in [-0.15, -0.1) is 0 Å². The Morgan fingerprint density at radius 2 is 2.18 bits per heavy atom. The Bertz CT molecular complexity index is 304. The number of hydrogen-bond donors (Lipinski definition) is 1. The van der Waals surface area contributed by atoms with Crippen molar-refractivity contribution >= 4 is 17.7 Å². The number of hydrogen-bond acceptors (Lipinski definition) is 5. The molecule has 0 unspecified atom stereocenters. The van der Waals surface area contributed by atoms with Crippen LogP contribution in [0, 0.1) is 0 Å². The minimum Gasteiger partial charge on any atom is -0.466 e. The fourth-order valence-corrected chi connectivity index (χ4v) is 1.63. The molecule has 6 heteroatoms. The quantitative estimate of drug-likeness (QED) is 0.625. The maximum atomic E-state index is 11.5. The summed E-state index contributed by atoms with van der Waals surface area (Å²) in [6.07, 6.45) is 0.295. The van der Waals surface area contributed by atoms with Crippen molar-refractivity contribution in [1.29, 1.82) is 0 Å². The van der Waals surface area contributed by atoms with Crippen molar-refractivity contribution in [2.24, 2.45) is 0 Å². The van der Waals surface area contributed by atoms with E-state index in [0.717, 1.165) is 0 Å². The van der Waals surface area contributed by atoms with Gasteiger partial charge in [0.15, 0.2) is 0 Å². The van der Waals surface area contributed by atoms with Crippen LogP contribution in [-0.4, -0.2) is 55.3 Å². The molecule has 0 aromatic rings. The number of amides is 1. The van der Waals surface area contributed by atoms with Gasteiger partial charge in [0.2, 0.25) is 5.91 Å². The van der Waals surface area contributed by atoms with E-state index in [9.17, 15) is 14.4 Å². The maximum absolute atomic E-state index is 11.5. The third-order valence-corrected chi connectivity index (χ3v) is 2.43. The molecule has 0 aliphatic carbocycles. The zero-order valence-electron chi connectivity index (χ0n) is 10.0. The number of rotatable bonds is 6. The molecule has 1 N–H and O–H groups in total. The normalized spacial score (nSPS) is 16.4. The molecule has 1 aliphatic heterocycles. The number of Topliss-reactive ketones (excluding diaryl/α,β-unsaturated/α-hetero) is 1. The first-order chi connectivity index (χ1) is 8.11. The largest absolute Gasteiger partial charge is 0.466 e. The molecule has 0 saturated carbocycles. The van der Waals surface area contributed by atoms with Gasteiger partial charge in [0.1, 0.15) is 5.78 Å². The molecular formula is C11H18N2O4. The molecule has 17 heavy (non-hydrogen) atoms. The third-order valence-electron chi connectivity index (χ3n) is 2.43. The monoisotopic (exact) mass is 242 g/mol. The maximum Gasteiger partial charge on any atom is 0.306 e. The van der Waals surface area contributed by atoms with E-state index in [4.69, 9.17) is 4.74 Å². The summed E-state index contributed by atoms with van der Waals surface area (Å²) in [4.78, 5) is 35.4. The standard InChI is InChI=1S/C11H18N2O4/c1-2-17-11(16)4-3-9(14)7-13-6-5-12-10(15)8-13/h2-8H2,1H3,(H,12,15). The summed E-state index contributed by atoms with van der Waals surface area (Å²) in [5.41, 5.74) is 0. The Balaban J connectivity index is 2.20. The first kappa shape index (κ1) is 13.6. The van der Waals surface area contributed by atoms with Crippen molar-refractivity contribution in [3.63, 3.8) is 0 Å². The average molecular weight is 242 g/mol. The lowest BCUT2D eigenvalue weighted by Crippen LogP contribution is -2.49. The predicted octanol–water partition coefficient (Wildman–Crippen LogP) is -0.669. The summed E-state index contributed by atoms with van der Waals surface area (Å²) in [7, 11) is 0. The molecule has 96 valence electrons. The topological polar surface area (TPSA) is 75.7 Å². The summed E-state index contributed by atoms with van der Waals surface area (Å²) >= 11 is 0. The Morgan fingerprint density at radius 3 is 2.82 bits per heavy atom. The zero-order chi connectivity index (χ0) is 12.7. The predicted molar refractivity (Wildman–Crippen MR) is 60.3 cm³/mol. The van der Waals surface area contributed by atoms with Crippen molar-refractivity contribution in [1.82, 2.24) is 10.2 Å².